The summed E-state index contributed by atoms with van der Waals surface area (Å²) in [5.74, 6) is 0.590. The minimum atomic E-state index is 0. The summed E-state index contributed by atoms with van der Waals surface area (Å²) in [7, 11) is 0. The van der Waals surface area contributed by atoms with Crippen molar-refractivity contribution in [1.82, 2.24) is 10.2 Å². The maximum absolute atomic E-state index is 5.87. The van der Waals surface area contributed by atoms with Gasteiger partial charge in [-0.1, -0.05) is 27.2 Å². The number of unbranched alkanes of at least 4 members (excludes halogenated alkanes) is 1. The highest BCUT2D eigenvalue weighted by Gasteiger charge is 2.09. The van der Waals surface area contributed by atoms with Gasteiger partial charge in [-0.25, -0.2) is 0 Å². The molecule has 0 aliphatic carbocycles. The fraction of sp³-hybridized carbons (Fsp3) is 0.938. The van der Waals surface area contributed by atoms with Crippen LogP contribution in [0.2, 0.25) is 0 Å². The van der Waals surface area contributed by atoms with Crippen LogP contribution < -0.4 is 11.1 Å². The van der Waals surface area contributed by atoms with Crippen LogP contribution >= 0.6 is 24.0 Å². The Balaban J connectivity index is 0.00000441. The lowest BCUT2D eigenvalue weighted by molar-refractivity contribution is 0.0377. The molecule has 0 atom stereocenters. The van der Waals surface area contributed by atoms with Gasteiger partial charge in [0, 0.05) is 32.7 Å². The van der Waals surface area contributed by atoms with Crippen molar-refractivity contribution in [1.29, 1.82) is 0 Å². The largest absolute Gasteiger partial charge is 0.379 e. The van der Waals surface area contributed by atoms with Crippen LogP contribution in [0.5, 0.6) is 0 Å². The molecular formula is C16H35IN4O. The predicted molar refractivity (Wildman–Crippen MR) is 105 cm³/mol. The third-order valence-corrected chi connectivity index (χ3v) is 3.68. The Morgan fingerprint density at radius 1 is 1.18 bits per heavy atom. The molecule has 1 aliphatic heterocycles. The number of halogens is 1. The highest BCUT2D eigenvalue weighted by Crippen LogP contribution is 2.21. The van der Waals surface area contributed by atoms with Crippen molar-refractivity contribution in [2.75, 3.05) is 45.9 Å². The Bertz CT molecular complexity index is 299. The number of morpholine rings is 1. The second-order valence-corrected chi connectivity index (χ2v) is 7.02. The fourth-order valence-corrected chi connectivity index (χ4v) is 2.37. The molecule has 1 saturated heterocycles. The van der Waals surface area contributed by atoms with Crippen molar-refractivity contribution in [3.05, 3.63) is 0 Å². The minimum Gasteiger partial charge on any atom is -0.379 e. The highest BCUT2D eigenvalue weighted by atomic mass is 127. The summed E-state index contributed by atoms with van der Waals surface area (Å²) in [6.07, 6.45) is 4.71. The molecule has 0 aromatic carbocycles. The van der Waals surface area contributed by atoms with E-state index in [2.05, 4.69) is 36.0 Å². The summed E-state index contributed by atoms with van der Waals surface area (Å²) >= 11 is 0. The number of guanidine groups is 1. The molecule has 0 bridgehead atoms. The van der Waals surface area contributed by atoms with E-state index >= 15 is 0 Å². The number of rotatable bonds is 8. The first-order valence-corrected chi connectivity index (χ1v) is 8.31. The molecular weight excluding hydrogens is 391 g/mol. The van der Waals surface area contributed by atoms with E-state index in [1.807, 2.05) is 0 Å². The van der Waals surface area contributed by atoms with Gasteiger partial charge in [-0.3, -0.25) is 9.89 Å². The smallest absolute Gasteiger partial charge is 0.188 e. The van der Waals surface area contributed by atoms with Crippen molar-refractivity contribution in [2.24, 2.45) is 16.1 Å². The third kappa shape index (κ3) is 12.5. The third-order valence-electron chi connectivity index (χ3n) is 3.68. The van der Waals surface area contributed by atoms with Crippen LogP contribution in [0, 0.1) is 5.41 Å². The molecule has 3 N–H and O–H groups in total. The van der Waals surface area contributed by atoms with Crippen molar-refractivity contribution >= 4 is 29.9 Å². The molecule has 0 aromatic heterocycles. The topological polar surface area (TPSA) is 62.9 Å². The molecule has 1 fully saturated rings. The lowest BCUT2D eigenvalue weighted by Gasteiger charge is -2.26. The van der Waals surface area contributed by atoms with E-state index in [0.29, 0.717) is 11.4 Å². The maximum atomic E-state index is 5.87. The Morgan fingerprint density at radius 2 is 1.86 bits per heavy atom. The van der Waals surface area contributed by atoms with Crippen LogP contribution in [0.15, 0.2) is 4.99 Å². The molecule has 5 nitrogen and oxygen atoms in total. The number of nitrogens with two attached hydrogens (primary N) is 1. The zero-order valence-electron chi connectivity index (χ0n) is 14.6. The molecule has 1 rings (SSSR count). The van der Waals surface area contributed by atoms with Crippen LogP contribution in [-0.2, 0) is 4.74 Å². The second-order valence-electron chi connectivity index (χ2n) is 7.02. The highest BCUT2D eigenvalue weighted by molar-refractivity contribution is 14.0. The summed E-state index contributed by atoms with van der Waals surface area (Å²) in [5, 5.41) is 3.20. The summed E-state index contributed by atoms with van der Waals surface area (Å²) < 4.78 is 5.33. The van der Waals surface area contributed by atoms with Gasteiger partial charge in [0.25, 0.3) is 0 Å². The minimum absolute atomic E-state index is 0. The van der Waals surface area contributed by atoms with Gasteiger partial charge >= 0.3 is 0 Å². The van der Waals surface area contributed by atoms with Gasteiger partial charge in [0.05, 0.1) is 13.2 Å². The number of hydrogen-bond acceptors (Lipinski definition) is 3. The predicted octanol–water partition coefficient (Wildman–Crippen LogP) is 2.45. The van der Waals surface area contributed by atoms with Crippen LogP contribution in [0.3, 0.4) is 0 Å². The second kappa shape index (κ2) is 12.4. The van der Waals surface area contributed by atoms with E-state index in [4.69, 9.17) is 10.5 Å². The first-order valence-electron chi connectivity index (χ1n) is 8.31. The number of nitrogens with one attached hydrogen (secondary N) is 1. The van der Waals surface area contributed by atoms with Crippen molar-refractivity contribution in [3.8, 4) is 0 Å². The first kappa shape index (κ1) is 21.9. The van der Waals surface area contributed by atoms with E-state index in [9.17, 15) is 0 Å². The van der Waals surface area contributed by atoms with Gasteiger partial charge in [-0.2, -0.15) is 0 Å². The van der Waals surface area contributed by atoms with Crippen molar-refractivity contribution < 1.29 is 4.74 Å². The molecule has 0 aromatic rings. The molecule has 6 heteroatoms. The van der Waals surface area contributed by atoms with Gasteiger partial charge in [-0.15, -0.1) is 24.0 Å². The van der Waals surface area contributed by atoms with Crippen LogP contribution in [0.1, 0.15) is 46.5 Å². The monoisotopic (exact) mass is 426 g/mol. The number of ether oxygens (including phenoxy) is 1. The van der Waals surface area contributed by atoms with Gasteiger partial charge in [0.2, 0.25) is 0 Å². The molecule has 1 aliphatic rings. The van der Waals surface area contributed by atoms with E-state index in [1.54, 1.807) is 0 Å². The van der Waals surface area contributed by atoms with E-state index in [1.165, 1.54) is 12.8 Å². The Labute approximate surface area is 153 Å². The van der Waals surface area contributed by atoms with Crippen molar-refractivity contribution in [3.63, 3.8) is 0 Å². The van der Waals surface area contributed by atoms with E-state index < -0.39 is 0 Å². The SMILES string of the molecule is CC(C)(C)CCCCNC(N)=NCCCN1CCOCC1.I. The van der Waals surface area contributed by atoms with Gasteiger partial charge in [-0.05, 0) is 24.7 Å². The summed E-state index contributed by atoms with van der Waals surface area (Å²) in [6.45, 7) is 13.5. The molecule has 0 saturated carbocycles. The van der Waals surface area contributed by atoms with Gasteiger partial charge in [0.15, 0.2) is 5.96 Å². The number of hydrogen-bond donors (Lipinski definition) is 2. The van der Waals surface area contributed by atoms with E-state index in [-0.39, 0.29) is 24.0 Å². The molecule has 0 amide bonds. The lowest BCUT2D eigenvalue weighted by atomic mass is 9.90. The van der Waals surface area contributed by atoms with Crippen LogP contribution in [-0.4, -0.2) is 56.8 Å². The Kier molecular flexibility index (Phi) is 12.3. The number of nitrogens with zero attached hydrogens (tertiary/aromatic N) is 2. The fourth-order valence-electron chi connectivity index (χ4n) is 2.37. The zero-order chi connectivity index (χ0) is 15.6. The average molecular weight is 426 g/mol. The quantitative estimate of drug-likeness (QED) is 0.271. The summed E-state index contributed by atoms with van der Waals surface area (Å²) in [6, 6.07) is 0. The van der Waals surface area contributed by atoms with Crippen molar-refractivity contribution in [2.45, 2.75) is 46.5 Å². The molecule has 0 spiro atoms. The summed E-state index contributed by atoms with van der Waals surface area (Å²) in [4.78, 5) is 6.81. The Morgan fingerprint density at radius 3 is 2.50 bits per heavy atom. The van der Waals surface area contributed by atoms with Crippen LogP contribution in [0.4, 0.5) is 0 Å². The number of aliphatic imine (C=N–C) groups is 1. The Hall–Kier alpha value is -0.0800. The lowest BCUT2D eigenvalue weighted by Crippen LogP contribution is -2.37. The molecule has 0 radical (unpaired) electrons. The van der Waals surface area contributed by atoms with Gasteiger partial charge in [0.1, 0.15) is 0 Å². The maximum Gasteiger partial charge on any atom is 0.188 e. The molecule has 1 heterocycles. The summed E-state index contributed by atoms with van der Waals surface area (Å²) in [5.41, 5.74) is 6.30. The standard InChI is InChI=1S/C16H34N4O.HI/c1-16(2,3)7-4-5-8-18-15(17)19-9-6-10-20-11-13-21-14-12-20;/h4-14H2,1-3H3,(H3,17,18,19);1H. The van der Waals surface area contributed by atoms with E-state index in [0.717, 1.165) is 58.8 Å². The molecule has 0 unspecified atom stereocenters. The zero-order valence-corrected chi connectivity index (χ0v) is 16.9. The molecule has 132 valence electrons. The average Bonchev–Trinajstić information content (AvgIpc) is 2.43. The first-order chi connectivity index (χ1) is 9.97. The molecule has 22 heavy (non-hydrogen) atoms. The normalized spacial score (nSPS) is 17.1. The van der Waals surface area contributed by atoms with Crippen LogP contribution in [0.25, 0.3) is 0 Å². The van der Waals surface area contributed by atoms with Gasteiger partial charge < -0.3 is 15.8 Å².